The normalized spacial score (nSPS) is 16.2. The fourth-order valence-electron chi connectivity index (χ4n) is 3.73. The van der Waals surface area contributed by atoms with Crippen molar-refractivity contribution in [2.75, 3.05) is 0 Å². The molecule has 0 saturated carbocycles. The molecule has 4 heterocycles. The number of rotatable bonds is 5. The second-order valence-electron chi connectivity index (χ2n) is 7.13. The first-order valence-electron chi connectivity index (χ1n) is 9.58. The van der Waals surface area contributed by atoms with Crippen molar-refractivity contribution in [3.63, 3.8) is 0 Å². The third-order valence-electron chi connectivity index (χ3n) is 5.11. The van der Waals surface area contributed by atoms with Crippen molar-refractivity contribution in [1.29, 1.82) is 0 Å². The molecule has 0 fully saturated rings. The first-order valence-corrected chi connectivity index (χ1v) is 10.5. The van der Waals surface area contributed by atoms with Gasteiger partial charge in [-0.05, 0) is 36.9 Å². The van der Waals surface area contributed by atoms with Crippen molar-refractivity contribution < 1.29 is 0 Å². The van der Waals surface area contributed by atoms with Crippen LogP contribution in [0.4, 0.5) is 0 Å². The Balaban J connectivity index is 1.38. The van der Waals surface area contributed by atoms with E-state index in [-0.39, 0.29) is 0 Å². The average molecular weight is 391 g/mol. The SMILES string of the molecule is Cc1nc2n(n1)CC(NCc1cn(-c3ccccc3)nc1-c1cccs1)CC2. The van der Waals surface area contributed by atoms with Crippen LogP contribution in [-0.4, -0.2) is 30.6 Å². The molecule has 7 heteroatoms. The third kappa shape index (κ3) is 3.39. The molecule has 6 nitrogen and oxygen atoms in total. The van der Waals surface area contributed by atoms with Gasteiger partial charge in [-0.25, -0.2) is 14.3 Å². The molecule has 3 aromatic heterocycles. The Morgan fingerprint density at radius 1 is 1.14 bits per heavy atom. The molecular weight excluding hydrogens is 368 g/mol. The molecule has 0 bridgehead atoms. The first-order chi connectivity index (χ1) is 13.8. The largest absolute Gasteiger partial charge is 0.308 e. The van der Waals surface area contributed by atoms with Gasteiger partial charge >= 0.3 is 0 Å². The lowest BCUT2D eigenvalue weighted by molar-refractivity contribution is 0.358. The van der Waals surface area contributed by atoms with Gasteiger partial charge in [0.1, 0.15) is 17.3 Å². The van der Waals surface area contributed by atoms with Gasteiger partial charge < -0.3 is 5.32 Å². The van der Waals surface area contributed by atoms with Gasteiger partial charge in [-0.3, -0.25) is 0 Å². The molecule has 0 radical (unpaired) electrons. The molecule has 1 aliphatic rings. The Hall–Kier alpha value is -2.77. The van der Waals surface area contributed by atoms with Crippen molar-refractivity contribution in [2.45, 2.75) is 38.9 Å². The zero-order valence-corrected chi connectivity index (χ0v) is 16.6. The van der Waals surface area contributed by atoms with E-state index in [0.29, 0.717) is 6.04 Å². The summed E-state index contributed by atoms with van der Waals surface area (Å²) in [5.74, 6) is 1.96. The lowest BCUT2D eigenvalue weighted by atomic mass is 10.1. The minimum absolute atomic E-state index is 0.393. The number of fused-ring (bicyclic) bond motifs is 1. The maximum Gasteiger partial charge on any atom is 0.147 e. The van der Waals surface area contributed by atoms with Crippen LogP contribution in [0.15, 0.2) is 54.0 Å². The van der Waals surface area contributed by atoms with Gasteiger partial charge in [0.05, 0.1) is 17.1 Å². The molecule has 1 atom stereocenters. The highest BCUT2D eigenvalue weighted by Gasteiger charge is 2.21. The molecule has 1 aliphatic heterocycles. The molecule has 0 saturated heterocycles. The molecule has 0 amide bonds. The van der Waals surface area contributed by atoms with Crippen LogP contribution in [0.3, 0.4) is 0 Å². The smallest absolute Gasteiger partial charge is 0.147 e. The Morgan fingerprint density at radius 3 is 2.86 bits per heavy atom. The standard InChI is InChI=1S/C21H22N6S/c1-15-23-20-10-9-17(14-27(20)24-15)22-12-16-13-26(18-6-3-2-4-7-18)25-21(16)19-8-5-11-28-19/h2-8,11,13,17,22H,9-10,12,14H2,1H3. The summed E-state index contributed by atoms with van der Waals surface area (Å²) in [4.78, 5) is 5.70. The van der Waals surface area contributed by atoms with E-state index in [9.17, 15) is 0 Å². The highest BCUT2D eigenvalue weighted by atomic mass is 32.1. The minimum atomic E-state index is 0.393. The summed E-state index contributed by atoms with van der Waals surface area (Å²) in [7, 11) is 0. The van der Waals surface area contributed by atoms with Crippen molar-refractivity contribution in [3.8, 4) is 16.3 Å². The zero-order valence-electron chi connectivity index (χ0n) is 15.7. The predicted octanol–water partition coefficient (Wildman–Crippen LogP) is 3.61. The summed E-state index contributed by atoms with van der Waals surface area (Å²) in [6.45, 7) is 3.62. The van der Waals surface area contributed by atoms with E-state index in [1.165, 1.54) is 10.4 Å². The second kappa shape index (κ2) is 7.33. The summed E-state index contributed by atoms with van der Waals surface area (Å²) in [6, 6.07) is 14.9. The summed E-state index contributed by atoms with van der Waals surface area (Å²) in [5, 5.41) is 15.2. The van der Waals surface area contributed by atoms with E-state index in [4.69, 9.17) is 5.10 Å². The van der Waals surface area contributed by atoms with Gasteiger partial charge in [-0.2, -0.15) is 10.2 Å². The average Bonchev–Trinajstić information content (AvgIpc) is 3.45. The van der Waals surface area contributed by atoms with Crippen molar-refractivity contribution in [2.24, 2.45) is 0 Å². The monoisotopic (exact) mass is 390 g/mol. The molecule has 1 N–H and O–H groups in total. The Kier molecular flexibility index (Phi) is 4.54. The molecule has 28 heavy (non-hydrogen) atoms. The number of thiophene rings is 1. The van der Waals surface area contributed by atoms with Gasteiger partial charge in [-0.15, -0.1) is 11.3 Å². The highest BCUT2D eigenvalue weighted by Crippen LogP contribution is 2.28. The topological polar surface area (TPSA) is 60.6 Å². The molecule has 142 valence electrons. The lowest BCUT2D eigenvalue weighted by Crippen LogP contribution is -2.37. The molecule has 1 unspecified atom stereocenters. The Labute approximate surface area is 167 Å². The Morgan fingerprint density at radius 2 is 2.04 bits per heavy atom. The van der Waals surface area contributed by atoms with E-state index >= 15 is 0 Å². The van der Waals surface area contributed by atoms with E-state index in [2.05, 4.69) is 51.2 Å². The molecule has 0 spiro atoms. The third-order valence-corrected chi connectivity index (χ3v) is 5.99. The van der Waals surface area contributed by atoms with Crippen molar-refractivity contribution in [3.05, 3.63) is 71.3 Å². The summed E-state index contributed by atoms with van der Waals surface area (Å²) < 4.78 is 4.02. The van der Waals surface area contributed by atoms with Gasteiger partial charge in [-0.1, -0.05) is 24.3 Å². The van der Waals surface area contributed by atoms with E-state index in [1.54, 1.807) is 11.3 Å². The molecular formula is C21H22N6S. The van der Waals surface area contributed by atoms with Crippen molar-refractivity contribution in [1.82, 2.24) is 29.9 Å². The fourth-order valence-corrected chi connectivity index (χ4v) is 4.47. The van der Waals surface area contributed by atoms with Crippen LogP contribution >= 0.6 is 11.3 Å². The molecule has 0 aliphatic carbocycles. The molecule has 5 rings (SSSR count). The quantitative estimate of drug-likeness (QED) is 0.566. The van der Waals surface area contributed by atoms with Crippen LogP contribution in [0.25, 0.3) is 16.3 Å². The van der Waals surface area contributed by atoms with Crippen LogP contribution < -0.4 is 5.32 Å². The van der Waals surface area contributed by atoms with E-state index in [0.717, 1.165) is 49.0 Å². The predicted molar refractivity (Wildman–Crippen MR) is 111 cm³/mol. The maximum absolute atomic E-state index is 4.89. The van der Waals surface area contributed by atoms with Gasteiger partial charge in [0.25, 0.3) is 0 Å². The highest BCUT2D eigenvalue weighted by molar-refractivity contribution is 7.13. The number of nitrogens with one attached hydrogen (secondary N) is 1. The van der Waals surface area contributed by atoms with Crippen LogP contribution in [-0.2, 0) is 19.5 Å². The minimum Gasteiger partial charge on any atom is -0.308 e. The van der Waals surface area contributed by atoms with Gasteiger partial charge in [0.2, 0.25) is 0 Å². The van der Waals surface area contributed by atoms with Crippen LogP contribution in [0.2, 0.25) is 0 Å². The zero-order chi connectivity index (χ0) is 18.9. The number of para-hydroxylation sites is 1. The van der Waals surface area contributed by atoms with Crippen LogP contribution in [0.5, 0.6) is 0 Å². The summed E-state index contributed by atoms with van der Waals surface area (Å²) in [5.41, 5.74) is 3.35. The molecule has 4 aromatic rings. The van der Waals surface area contributed by atoms with Gasteiger partial charge in [0, 0.05) is 30.8 Å². The number of hydrogen-bond acceptors (Lipinski definition) is 5. The fraction of sp³-hybridized carbons (Fsp3) is 0.286. The summed E-state index contributed by atoms with van der Waals surface area (Å²) >= 11 is 1.73. The van der Waals surface area contributed by atoms with E-state index < -0.39 is 0 Å². The Bertz CT molecular complexity index is 1060. The number of aryl methyl sites for hydroxylation is 2. The number of aromatic nitrogens is 5. The van der Waals surface area contributed by atoms with Crippen molar-refractivity contribution >= 4 is 11.3 Å². The van der Waals surface area contributed by atoms with Crippen LogP contribution in [0, 0.1) is 6.92 Å². The van der Waals surface area contributed by atoms with E-state index in [1.807, 2.05) is 34.5 Å². The molecule has 1 aromatic carbocycles. The summed E-state index contributed by atoms with van der Waals surface area (Å²) in [6.07, 6.45) is 4.20. The maximum atomic E-state index is 4.89. The lowest BCUT2D eigenvalue weighted by Gasteiger charge is -2.23. The first kappa shape index (κ1) is 17.3. The van der Waals surface area contributed by atoms with Gasteiger partial charge in [0.15, 0.2) is 0 Å². The second-order valence-corrected chi connectivity index (χ2v) is 8.08. The number of nitrogens with zero attached hydrogens (tertiary/aromatic N) is 5. The van der Waals surface area contributed by atoms with Crippen LogP contribution in [0.1, 0.15) is 23.6 Å². The number of benzene rings is 1. The number of hydrogen-bond donors (Lipinski definition) is 1.